The van der Waals surface area contributed by atoms with Crippen LogP contribution in [0.3, 0.4) is 0 Å². The quantitative estimate of drug-likeness (QED) is 0.490. The van der Waals surface area contributed by atoms with Crippen LogP contribution >= 0.6 is 0 Å². The van der Waals surface area contributed by atoms with Gasteiger partial charge in [0.15, 0.2) is 11.3 Å². The van der Waals surface area contributed by atoms with E-state index in [-0.39, 0.29) is 28.6 Å². The summed E-state index contributed by atoms with van der Waals surface area (Å²) in [6.45, 7) is 1.69. The van der Waals surface area contributed by atoms with E-state index in [4.69, 9.17) is 0 Å². The molecule has 1 N–H and O–H groups in total. The van der Waals surface area contributed by atoms with Crippen molar-refractivity contribution in [2.45, 2.75) is 43.8 Å². The number of H-pyrrole nitrogens is 1. The summed E-state index contributed by atoms with van der Waals surface area (Å²) in [4.78, 5) is 23.9. The van der Waals surface area contributed by atoms with Gasteiger partial charge in [0, 0.05) is 31.3 Å². The van der Waals surface area contributed by atoms with Crippen molar-refractivity contribution in [1.29, 1.82) is 5.26 Å². The molecule has 34 heavy (non-hydrogen) atoms. The molecule has 9 nitrogen and oxygen atoms in total. The zero-order valence-corrected chi connectivity index (χ0v) is 18.2. The van der Waals surface area contributed by atoms with E-state index in [9.17, 15) is 23.2 Å². The molecule has 0 radical (unpaired) electrons. The first kappa shape index (κ1) is 21.8. The number of hydrogen-bond acceptors (Lipinski definition) is 6. The molecule has 12 heteroatoms. The van der Waals surface area contributed by atoms with Crippen LogP contribution in [0, 0.1) is 11.3 Å². The largest absolute Gasteiger partial charge is 0.433 e. The molecule has 1 aliphatic carbocycles. The summed E-state index contributed by atoms with van der Waals surface area (Å²) >= 11 is 0. The van der Waals surface area contributed by atoms with Crippen LogP contribution in [0.5, 0.6) is 0 Å². The van der Waals surface area contributed by atoms with Crippen LogP contribution in [-0.4, -0.2) is 34.5 Å². The van der Waals surface area contributed by atoms with Crippen molar-refractivity contribution in [1.82, 2.24) is 34.5 Å². The molecular formula is C22H19F3N8O. The zero-order chi connectivity index (χ0) is 24.2. The Hall–Kier alpha value is -4.01. The van der Waals surface area contributed by atoms with Crippen LogP contribution in [0.2, 0.25) is 0 Å². The summed E-state index contributed by atoms with van der Waals surface area (Å²) in [6.07, 6.45) is 0.139. The summed E-state index contributed by atoms with van der Waals surface area (Å²) in [5.74, 6) is 0.525. The Kier molecular flexibility index (Phi) is 5.00. The number of rotatable bonds is 4. The van der Waals surface area contributed by atoms with Crippen molar-refractivity contribution in [3.8, 4) is 6.07 Å². The second-order valence-corrected chi connectivity index (χ2v) is 8.41. The van der Waals surface area contributed by atoms with Crippen molar-refractivity contribution in [3.63, 3.8) is 0 Å². The second kappa shape index (κ2) is 7.79. The average molecular weight is 468 g/mol. The molecule has 0 unspecified atom stereocenters. The fourth-order valence-corrected chi connectivity index (χ4v) is 4.36. The van der Waals surface area contributed by atoms with Crippen LogP contribution in [0.1, 0.15) is 66.1 Å². The van der Waals surface area contributed by atoms with Gasteiger partial charge in [0.1, 0.15) is 23.0 Å². The number of nitriles is 1. The third kappa shape index (κ3) is 3.53. The van der Waals surface area contributed by atoms with E-state index >= 15 is 0 Å². The number of aromatic nitrogens is 7. The lowest BCUT2D eigenvalue weighted by Gasteiger charge is -2.34. The summed E-state index contributed by atoms with van der Waals surface area (Å²) in [6, 6.07) is 5.42. The van der Waals surface area contributed by atoms with Crippen molar-refractivity contribution in [2.75, 3.05) is 0 Å². The van der Waals surface area contributed by atoms with Gasteiger partial charge >= 0.3 is 6.18 Å². The van der Waals surface area contributed by atoms with E-state index in [0.717, 1.165) is 30.8 Å². The normalized spacial score (nSPS) is 19.1. The summed E-state index contributed by atoms with van der Waals surface area (Å²) < 4.78 is 41.8. The van der Waals surface area contributed by atoms with Gasteiger partial charge in [-0.05, 0) is 37.5 Å². The Labute approximate surface area is 190 Å². The molecule has 4 aromatic heterocycles. The maximum atomic E-state index is 12.9. The number of aromatic amines is 1. The minimum atomic E-state index is -4.55. The highest BCUT2D eigenvalue weighted by atomic mass is 19.4. The molecule has 4 aromatic rings. The molecule has 174 valence electrons. The number of fused-ring (bicyclic) bond motifs is 1. The monoisotopic (exact) mass is 468 g/mol. The lowest BCUT2D eigenvalue weighted by atomic mass is 9.71. The third-order valence-corrected chi connectivity index (χ3v) is 6.35. The molecule has 0 aliphatic heterocycles. The smallest absolute Gasteiger partial charge is 0.310 e. The molecule has 0 amide bonds. The van der Waals surface area contributed by atoms with Crippen molar-refractivity contribution in [3.05, 3.63) is 69.4 Å². The minimum Gasteiger partial charge on any atom is -0.310 e. The second-order valence-electron chi connectivity index (χ2n) is 8.41. The molecule has 1 aliphatic rings. The van der Waals surface area contributed by atoms with Gasteiger partial charge in [0.05, 0.1) is 11.7 Å². The van der Waals surface area contributed by atoms with Gasteiger partial charge < -0.3 is 4.98 Å². The van der Waals surface area contributed by atoms with E-state index < -0.39 is 23.5 Å². The molecule has 4 heterocycles. The molecule has 1 fully saturated rings. The van der Waals surface area contributed by atoms with Gasteiger partial charge in [-0.1, -0.05) is 6.07 Å². The average Bonchev–Trinajstić information content (AvgIpc) is 3.35. The maximum absolute atomic E-state index is 12.9. The fourth-order valence-electron chi connectivity index (χ4n) is 4.36. The van der Waals surface area contributed by atoms with Gasteiger partial charge in [-0.25, -0.2) is 9.67 Å². The maximum Gasteiger partial charge on any atom is 0.433 e. The standard InChI is InChI=1S/C22H19F3N8O/c1-11(12-3-6-17(27-10-12)22(23,24)25)33-20-18(16(9-26)31-33)21(34)29-19(28-20)14-5-4-13(14)15-7-8-32(2)30-15/h3,6-8,10-11,13-14H,4-5H2,1-2H3,(H,28,29,34)/t11-,13+,14+/m1/s1. The number of nitrogens with one attached hydrogen (secondary N) is 1. The number of aryl methyl sites for hydroxylation is 1. The van der Waals surface area contributed by atoms with Crippen LogP contribution in [-0.2, 0) is 13.2 Å². The minimum absolute atomic E-state index is 0.0479. The van der Waals surface area contributed by atoms with E-state index in [0.29, 0.717) is 11.4 Å². The van der Waals surface area contributed by atoms with E-state index in [2.05, 4.69) is 25.1 Å². The van der Waals surface area contributed by atoms with Crippen LogP contribution in [0.15, 0.2) is 35.4 Å². The topological polar surface area (TPSA) is 118 Å². The fraction of sp³-hybridized carbons (Fsp3) is 0.364. The lowest BCUT2D eigenvalue weighted by molar-refractivity contribution is -0.141. The SMILES string of the molecule is C[C@H](c1ccc(C(F)(F)F)nc1)n1nc(C#N)c2c(=O)[nH]c([C@H]3CC[C@@H]3c3ccn(C)n3)nc21. The van der Waals surface area contributed by atoms with Gasteiger partial charge in [0.25, 0.3) is 5.56 Å². The number of nitrogens with zero attached hydrogens (tertiary/aromatic N) is 7. The highest BCUT2D eigenvalue weighted by molar-refractivity contribution is 5.80. The molecule has 1 saturated carbocycles. The Bertz CT molecular complexity index is 1480. The number of hydrogen-bond donors (Lipinski definition) is 1. The number of alkyl halides is 3. The molecule has 0 saturated heterocycles. The van der Waals surface area contributed by atoms with Gasteiger partial charge in [0.2, 0.25) is 0 Å². The van der Waals surface area contributed by atoms with E-state index in [1.165, 1.54) is 10.7 Å². The van der Waals surface area contributed by atoms with Gasteiger partial charge in [-0.15, -0.1) is 0 Å². The number of halogens is 3. The number of pyridine rings is 1. The van der Waals surface area contributed by atoms with Crippen molar-refractivity contribution >= 4 is 11.0 Å². The summed E-state index contributed by atoms with van der Waals surface area (Å²) in [7, 11) is 1.84. The molecule has 5 rings (SSSR count). The van der Waals surface area contributed by atoms with Crippen LogP contribution < -0.4 is 5.56 Å². The Morgan fingerprint density at radius 3 is 2.53 bits per heavy atom. The highest BCUT2D eigenvalue weighted by Crippen LogP contribution is 2.47. The first-order valence-electron chi connectivity index (χ1n) is 10.6. The molecule has 0 bridgehead atoms. The third-order valence-electron chi connectivity index (χ3n) is 6.35. The molecule has 0 spiro atoms. The lowest BCUT2D eigenvalue weighted by Crippen LogP contribution is -2.27. The van der Waals surface area contributed by atoms with Gasteiger partial charge in [-0.3, -0.25) is 14.5 Å². The first-order chi connectivity index (χ1) is 16.2. The summed E-state index contributed by atoms with van der Waals surface area (Å²) in [5, 5.41) is 18.3. The predicted octanol–water partition coefficient (Wildman–Crippen LogP) is 3.41. The van der Waals surface area contributed by atoms with Crippen molar-refractivity contribution in [2.24, 2.45) is 7.05 Å². The first-order valence-corrected chi connectivity index (χ1v) is 10.6. The Balaban J connectivity index is 1.57. The highest BCUT2D eigenvalue weighted by Gasteiger charge is 2.37. The Morgan fingerprint density at radius 1 is 1.21 bits per heavy atom. The molecular weight excluding hydrogens is 449 g/mol. The van der Waals surface area contributed by atoms with Crippen LogP contribution in [0.4, 0.5) is 13.2 Å². The Morgan fingerprint density at radius 2 is 1.97 bits per heavy atom. The van der Waals surface area contributed by atoms with E-state index in [1.807, 2.05) is 25.4 Å². The zero-order valence-electron chi connectivity index (χ0n) is 18.2. The van der Waals surface area contributed by atoms with Gasteiger partial charge in [-0.2, -0.15) is 28.6 Å². The molecule has 3 atom stereocenters. The van der Waals surface area contributed by atoms with E-state index in [1.54, 1.807) is 11.6 Å². The van der Waals surface area contributed by atoms with Crippen LogP contribution in [0.25, 0.3) is 11.0 Å². The van der Waals surface area contributed by atoms with Crippen molar-refractivity contribution < 1.29 is 13.2 Å². The summed E-state index contributed by atoms with van der Waals surface area (Å²) in [5.41, 5.74) is -0.0372. The molecule has 0 aromatic carbocycles. The predicted molar refractivity (Wildman–Crippen MR) is 114 cm³/mol.